The van der Waals surface area contributed by atoms with Gasteiger partial charge in [-0.25, -0.2) is 0 Å². The second-order valence-corrected chi connectivity index (χ2v) is 5.75. The number of hydrogen-bond donors (Lipinski definition) is 2. The van der Waals surface area contributed by atoms with Gasteiger partial charge in [0.05, 0.1) is 0 Å². The lowest BCUT2D eigenvalue weighted by Gasteiger charge is -2.24. The highest BCUT2D eigenvalue weighted by atomic mass is 79.9. The van der Waals surface area contributed by atoms with E-state index < -0.39 is 0 Å². The number of aliphatic hydroxyl groups excluding tert-OH is 1. The van der Waals surface area contributed by atoms with E-state index in [4.69, 9.17) is 10.8 Å². The zero-order chi connectivity index (χ0) is 13.8. The van der Waals surface area contributed by atoms with Crippen molar-refractivity contribution in [1.82, 2.24) is 4.90 Å². The number of nitrogens with two attached hydrogens (primary N) is 1. The molecule has 1 aliphatic heterocycles. The van der Waals surface area contributed by atoms with E-state index in [0.717, 1.165) is 36.7 Å². The SMILES string of the molecule is Nc1ccc(C(=O)N2CCCC2CCCO)cc1Br. The minimum absolute atomic E-state index is 0.0566. The van der Waals surface area contributed by atoms with Crippen LogP contribution in [0.5, 0.6) is 0 Å². The smallest absolute Gasteiger partial charge is 0.254 e. The minimum Gasteiger partial charge on any atom is -0.398 e. The van der Waals surface area contributed by atoms with Gasteiger partial charge in [-0.05, 0) is 59.8 Å². The molecule has 1 unspecified atom stereocenters. The number of benzene rings is 1. The number of aliphatic hydroxyl groups is 1. The summed E-state index contributed by atoms with van der Waals surface area (Å²) in [5, 5.41) is 8.91. The average Bonchev–Trinajstić information content (AvgIpc) is 2.87. The summed E-state index contributed by atoms with van der Waals surface area (Å²) in [5.74, 6) is 0.0566. The number of anilines is 1. The Bertz CT molecular complexity index is 465. The summed E-state index contributed by atoms with van der Waals surface area (Å²) in [5.41, 5.74) is 7.03. The van der Waals surface area contributed by atoms with Crippen LogP contribution in [0.15, 0.2) is 22.7 Å². The van der Waals surface area contributed by atoms with Crippen molar-refractivity contribution in [3.05, 3.63) is 28.2 Å². The molecule has 1 aromatic rings. The maximum Gasteiger partial charge on any atom is 0.254 e. The molecule has 0 spiro atoms. The van der Waals surface area contributed by atoms with Crippen molar-refractivity contribution < 1.29 is 9.90 Å². The Hall–Kier alpha value is -1.07. The van der Waals surface area contributed by atoms with E-state index in [0.29, 0.717) is 11.3 Å². The highest BCUT2D eigenvalue weighted by Crippen LogP contribution is 2.26. The molecule has 1 aliphatic rings. The van der Waals surface area contributed by atoms with Crippen molar-refractivity contribution in [3.8, 4) is 0 Å². The number of halogens is 1. The molecule has 19 heavy (non-hydrogen) atoms. The van der Waals surface area contributed by atoms with Crippen LogP contribution in [0.3, 0.4) is 0 Å². The second-order valence-electron chi connectivity index (χ2n) is 4.90. The first-order chi connectivity index (χ1) is 9.13. The van der Waals surface area contributed by atoms with Gasteiger partial charge in [0.2, 0.25) is 0 Å². The molecule has 2 rings (SSSR count). The van der Waals surface area contributed by atoms with Crippen LogP contribution in [-0.4, -0.2) is 35.1 Å². The van der Waals surface area contributed by atoms with E-state index in [9.17, 15) is 4.79 Å². The normalized spacial score (nSPS) is 18.8. The maximum absolute atomic E-state index is 12.5. The number of hydrogen-bond acceptors (Lipinski definition) is 3. The summed E-state index contributed by atoms with van der Waals surface area (Å²) in [6.45, 7) is 0.989. The molecule has 0 saturated carbocycles. The van der Waals surface area contributed by atoms with E-state index in [-0.39, 0.29) is 18.6 Å². The molecular formula is C14H19BrN2O2. The molecule has 3 N–H and O–H groups in total. The lowest BCUT2D eigenvalue weighted by atomic mass is 10.1. The molecule has 1 fully saturated rings. The summed E-state index contributed by atoms with van der Waals surface area (Å²) in [6.07, 6.45) is 3.69. The standard InChI is InChI=1S/C14H19BrN2O2/c15-12-9-10(5-6-13(12)16)14(19)17-7-1-3-11(17)4-2-8-18/h5-6,9,11,18H,1-4,7-8,16H2. The third-order valence-electron chi connectivity index (χ3n) is 3.58. The zero-order valence-corrected chi connectivity index (χ0v) is 12.4. The Kier molecular flexibility index (Phi) is 4.82. The van der Waals surface area contributed by atoms with Crippen LogP contribution in [0.4, 0.5) is 5.69 Å². The lowest BCUT2D eigenvalue weighted by molar-refractivity contribution is 0.0724. The fraction of sp³-hybridized carbons (Fsp3) is 0.500. The van der Waals surface area contributed by atoms with Gasteiger partial charge in [0, 0.05) is 34.9 Å². The molecule has 0 bridgehead atoms. The first-order valence-electron chi connectivity index (χ1n) is 6.60. The highest BCUT2D eigenvalue weighted by molar-refractivity contribution is 9.10. The predicted molar refractivity (Wildman–Crippen MR) is 78.9 cm³/mol. The van der Waals surface area contributed by atoms with E-state index in [2.05, 4.69) is 15.9 Å². The summed E-state index contributed by atoms with van der Waals surface area (Å²) in [6, 6.07) is 5.55. The van der Waals surface area contributed by atoms with Crippen LogP contribution < -0.4 is 5.73 Å². The first kappa shape index (κ1) is 14.3. The fourth-order valence-corrected chi connectivity index (χ4v) is 2.93. The van der Waals surface area contributed by atoms with E-state index >= 15 is 0 Å². The fourth-order valence-electron chi connectivity index (χ4n) is 2.56. The van der Waals surface area contributed by atoms with Crippen LogP contribution in [0, 0.1) is 0 Å². The van der Waals surface area contributed by atoms with Crippen molar-refractivity contribution in [2.75, 3.05) is 18.9 Å². The molecule has 104 valence electrons. The molecule has 0 radical (unpaired) electrons. The molecule has 4 nitrogen and oxygen atoms in total. The molecule has 0 aliphatic carbocycles. The van der Waals surface area contributed by atoms with Crippen molar-refractivity contribution in [2.45, 2.75) is 31.7 Å². The third-order valence-corrected chi connectivity index (χ3v) is 4.27. The minimum atomic E-state index is 0.0566. The van der Waals surface area contributed by atoms with Gasteiger partial charge < -0.3 is 15.7 Å². The number of carbonyl (C=O) groups excluding carboxylic acids is 1. The Morgan fingerprint density at radius 1 is 1.53 bits per heavy atom. The van der Waals surface area contributed by atoms with Crippen molar-refractivity contribution >= 4 is 27.5 Å². The number of nitrogens with zero attached hydrogens (tertiary/aromatic N) is 1. The highest BCUT2D eigenvalue weighted by Gasteiger charge is 2.28. The number of amides is 1. The lowest BCUT2D eigenvalue weighted by Crippen LogP contribution is -2.35. The van der Waals surface area contributed by atoms with E-state index in [1.165, 1.54) is 0 Å². The molecule has 1 amide bonds. The van der Waals surface area contributed by atoms with Crippen LogP contribution in [0.25, 0.3) is 0 Å². The van der Waals surface area contributed by atoms with Crippen LogP contribution >= 0.6 is 15.9 Å². The molecule has 1 aromatic carbocycles. The van der Waals surface area contributed by atoms with Crippen LogP contribution in [0.1, 0.15) is 36.0 Å². The summed E-state index contributed by atoms with van der Waals surface area (Å²) >= 11 is 3.35. The largest absolute Gasteiger partial charge is 0.398 e. The Morgan fingerprint density at radius 3 is 3.00 bits per heavy atom. The quantitative estimate of drug-likeness (QED) is 0.835. The second kappa shape index (κ2) is 6.39. The predicted octanol–water partition coefficient (Wildman–Crippen LogP) is 2.41. The van der Waals surface area contributed by atoms with Gasteiger partial charge in [-0.3, -0.25) is 4.79 Å². The number of carbonyl (C=O) groups is 1. The summed E-state index contributed by atoms with van der Waals surface area (Å²) < 4.78 is 0.754. The van der Waals surface area contributed by atoms with Crippen LogP contribution in [-0.2, 0) is 0 Å². The van der Waals surface area contributed by atoms with E-state index in [1.54, 1.807) is 18.2 Å². The van der Waals surface area contributed by atoms with Crippen molar-refractivity contribution in [2.24, 2.45) is 0 Å². The Labute approximate surface area is 121 Å². The number of rotatable bonds is 4. The Morgan fingerprint density at radius 2 is 2.32 bits per heavy atom. The van der Waals surface area contributed by atoms with Gasteiger partial charge in [0.25, 0.3) is 5.91 Å². The van der Waals surface area contributed by atoms with Gasteiger partial charge in [-0.15, -0.1) is 0 Å². The number of likely N-dealkylation sites (tertiary alicyclic amines) is 1. The van der Waals surface area contributed by atoms with Gasteiger partial charge in [-0.1, -0.05) is 0 Å². The Balaban J connectivity index is 2.11. The van der Waals surface area contributed by atoms with Gasteiger partial charge in [0.15, 0.2) is 0 Å². The summed E-state index contributed by atoms with van der Waals surface area (Å²) in [4.78, 5) is 14.4. The van der Waals surface area contributed by atoms with E-state index in [1.807, 2.05) is 4.90 Å². The molecule has 1 heterocycles. The average molecular weight is 327 g/mol. The molecule has 1 saturated heterocycles. The first-order valence-corrected chi connectivity index (χ1v) is 7.39. The topological polar surface area (TPSA) is 66.6 Å². The molecule has 5 heteroatoms. The molecule has 0 aromatic heterocycles. The zero-order valence-electron chi connectivity index (χ0n) is 10.8. The van der Waals surface area contributed by atoms with Crippen LogP contribution in [0.2, 0.25) is 0 Å². The molecule has 1 atom stereocenters. The van der Waals surface area contributed by atoms with Crippen molar-refractivity contribution in [1.29, 1.82) is 0 Å². The molecular weight excluding hydrogens is 308 g/mol. The maximum atomic E-state index is 12.5. The third kappa shape index (κ3) is 3.28. The van der Waals surface area contributed by atoms with Gasteiger partial charge in [-0.2, -0.15) is 0 Å². The van der Waals surface area contributed by atoms with Crippen molar-refractivity contribution in [3.63, 3.8) is 0 Å². The number of nitrogen functional groups attached to an aromatic ring is 1. The van der Waals surface area contributed by atoms with Gasteiger partial charge >= 0.3 is 0 Å². The summed E-state index contributed by atoms with van der Waals surface area (Å²) in [7, 11) is 0. The monoisotopic (exact) mass is 326 g/mol. The van der Waals surface area contributed by atoms with Gasteiger partial charge in [0.1, 0.15) is 0 Å².